The fourth-order valence-corrected chi connectivity index (χ4v) is 3.39. The van der Waals surface area contributed by atoms with Crippen molar-refractivity contribution in [1.29, 1.82) is 0 Å². The lowest BCUT2D eigenvalue weighted by molar-refractivity contribution is -0.201. The van der Waals surface area contributed by atoms with Crippen LogP contribution in [0.1, 0.15) is 50.5 Å². The van der Waals surface area contributed by atoms with Gasteiger partial charge >= 0.3 is 0 Å². The van der Waals surface area contributed by atoms with Crippen molar-refractivity contribution < 1.29 is 15.1 Å². The van der Waals surface area contributed by atoms with Gasteiger partial charge in [-0.1, -0.05) is 49.6 Å². The summed E-state index contributed by atoms with van der Waals surface area (Å²) in [6.07, 6.45) is 6.51. The molecule has 1 aromatic carbocycles. The zero-order chi connectivity index (χ0) is 14.9. The van der Waals surface area contributed by atoms with Crippen molar-refractivity contribution >= 4 is 5.91 Å². The van der Waals surface area contributed by atoms with Gasteiger partial charge in [-0.15, -0.1) is 0 Å². The van der Waals surface area contributed by atoms with Crippen LogP contribution in [0.4, 0.5) is 0 Å². The van der Waals surface area contributed by atoms with Crippen LogP contribution in [-0.2, 0) is 10.4 Å². The van der Waals surface area contributed by atoms with E-state index in [9.17, 15) is 15.1 Å². The Labute approximate surface area is 125 Å². The number of nitrogens with zero attached hydrogens (tertiary/aromatic N) is 1. The third kappa shape index (κ3) is 2.70. The van der Waals surface area contributed by atoms with E-state index >= 15 is 0 Å². The standard InChI is InChI=1S/C17H23NO3/c19-16(18(21)15-9-5-2-6-10-15)17(20,14-11-12-14)13-7-3-1-4-8-13/h1,3-4,7-8,14-15,20-21H,2,5-6,9-12H2. The average Bonchev–Trinajstić information content (AvgIpc) is 3.39. The third-order valence-electron chi connectivity index (χ3n) is 4.84. The molecule has 2 aliphatic carbocycles. The number of amides is 1. The second-order valence-electron chi connectivity index (χ2n) is 6.35. The first-order chi connectivity index (χ1) is 10.1. The van der Waals surface area contributed by atoms with Gasteiger partial charge in [0.25, 0.3) is 5.91 Å². The zero-order valence-electron chi connectivity index (χ0n) is 12.2. The highest BCUT2D eigenvalue weighted by molar-refractivity contribution is 5.86. The second kappa shape index (κ2) is 5.78. The van der Waals surface area contributed by atoms with Gasteiger partial charge in [0.1, 0.15) is 0 Å². The van der Waals surface area contributed by atoms with E-state index in [1.165, 1.54) is 0 Å². The highest BCUT2D eigenvalue weighted by Gasteiger charge is 2.53. The molecular formula is C17H23NO3. The van der Waals surface area contributed by atoms with Crippen LogP contribution in [0.15, 0.2) is 30.3 Å². The Hall–Kier alpha value is -1.39. The minimum Gasteiger partial charge on any atom is -0.375 e. The average molecular weight is 289 g/mol. The fourth-order valence-electron chi connectivity index (χ4n) is 3.39. The molecule has 0 radical (unpaired) electrons. The molecule has 4 nitrogen and oxygen atoms in total. The molecule has 0 heterocycles. The van der Waals surface area contributed by atoms with Gasteiger partial charge in [-0.25, -0.2) is 5.06 Å². The number of aliphatic hydroxyl groups is 1. The first-order valence-electron chi connectivity index (χ1n) is 7.94. The lowest BCUT2D eigenvalue weighted by Crippen LogP contribution is -2.51. The molecule has 2 saturated carbocycles. The summed E-state index contributed by atoms with van der Waals surface area (Å²) in [6, 6.07) is 8.88. The maximum Gasteiger partial charge on any atom is 0.283 e. The summed E-state index contributed by atoms with van der Waals surface area (Å²) in [4.78, 5) is 12.8. The molecule has 1 unspecified atom stereocenters. The molecule has 2 N–H and O–H groups in total. The van der Waals surface area contributed by atoms with E-state index in [0.29, 0.717) is 5.56 Å². The largest absolute Gasteiger partial charge is 0.375 e. The van der Waals surface area contributed by atoms with Gasteiger partial charge in [0.05, 0.1) is 6.04 Å². The summed E-state index contributed by atoms with van der Waals surface area (Å²) in [7, 11) is 0. The SMILES string of the molecule is O=C(N(O)C1CCCCC1)C(O)(c1ccccc1)C1CC1. The van der Waals surface area contributed by atoms with Crippen LogP contribution in [-0.4, -0.2) is 27.3 Å². The molecule has 0 aliphatic heterocycles. The fraction of sp³-hybridized carbons (Fsp3) is 0.588. The lowest BCUT2D eigenvalue weighted by atomic mass is 9.86. The van der Waals surface area contributed by atoms with E-state index < -0.39 is 11.5 Å². The first-order valence-corrected chi connectivity index (χ1v) is 7.94. The van der Waals surface area contributed by atoms with Crippen molar-refractivity contribution in [2.24, 2.45) is 5.92 Å². The van der Waals surface area contributed by atoms with Crippen molar-refractivity contribution in [3.05, 3.63) is 35.9 Å². The van der Waals surface area contributed by atoms with E-state index in [-0.39, 0.29) is 12.0 Å². The van der Waals surface area contributed by atoms with Gasteiger partial charge in [0.15, 0.2) is 5.60 Å². The molecule has 2 fully saturated rings. The Morgan fingerprint density at radius 3 is 2.24 bits per heavy atom. The van der Waals surface area contributed by atoms with Crippen LogP contribution >= 0.6 is 0 Å². The maximum atomic E-state index is 12.8. The second-order valence-corrected chi connectivity index (χ2v) is 6.35. The number of rotatable bonds is 4. The maximum absolute atomic E-state index is 12.8. The van der Waals surface area contributed by atoms with Crippen LogP contribution in [0.3, 0.4) is 0 Å². The smallest absolute Gasteiger partial charge is 0.283 e. The predicted molar refractivity (Wildman–Crippen MR) is 78.6 cm³/mol. The minimum absolute atomic E-state index is 0.0781. The monoisotopic (exact) mass is 289 g/mol. The van der Waals surface area contributed by atoms with Crippen molar-refractivity contribution in [3.63, 3.8) is 0 Å². The molecule has 114 valence electrons. The number of carbonyl (C=O) groups excluding carboxylic acids is 1. The van der Waals surface area contributed by atoms with Crippen LogP contribution in [0, 0.1) is 5.92 Å². The van der Waals surface area contributed by atoms with Crippen molar-refractivity contribution in [3.8, 4) is 0 Å². The normalized spacial score (nSPS) is 22.6. The van der Waals surface area contributed by atoms with E-state index in [4.69, 9.17) is 0 Å². The molecule has 0 aromatic heterocycles. The van der Waals surface area contributed by atoms with Crippen LogP contribution in [0.25, 0.3) is 0 Å². The van der Waals surface area contributed by atoms with Gasteiger partial charge < -0.3 is 5.11 Å². The molecule has 1 atom stereocenters. The van der Waals surface area contributed by atoms with Crippen molar-refractivity contribution in [1.82, 2.24) is 5.06 Å². The number of benzene rings is 1. The van der Waals surface area contributed by atoms with Gasteiger partial charge in [-0.3, -0.25) is 10.0 Å². The third-order valence-corrected chi connectivity index (χ3v) is 4.84. The topological polar surface area (TPSA) is 60.8 Å². The quantitative estimate of drug-likeness (QED) is 0.662. The molecule has 21 heavy (non-hydrogen) atoms. The number of hydrogen-bond acceptors (Lipinski definition) is 3. The summed E-state index contributed by atoms with van der Waals surface area (Å²) in [5, 5.41) is 22.2. The van der Waals surface area contributed by atoms with Crippen LogP contribution in [0.2, 0.25) is 0 Å². The molecular weight excluding hydrogens is 266 g/mol. The van der Waals surface area contributed by atoms with E-state index in [1.54, 1.807) is 12.1 Å². The zero-order valence-corrected chi connectivity index (χ0v) is 12.2. The van der Waals surface area contributed by atoms with Crippen LogP contribution < -0.4 is 0 Å². The van der Waals surface area contributed by atoms with Gasteiger partial charge in [0.2, 0.25) is 0 Å². The van der Waals surface area contributed by atoms with Gasteiger partial charge in [-0.2, -0.15) is 0 Å². The lowest BCUT2D eigenvalue weighted by Gasteiger charge is -2.36. The molecule has 1 amide bonds. The van der Waals surface area contributed by atoms with Crippen LogP contribution in [0.5, 0.6) is 0 Å². The van der Waals surface area contributed by atoms with E-state index in [0.717, 1.165) is 50.0 Å². The summed E-state index contributed by atoms with van der Waals surface area (Å²) in [6.45, 7) is 0. The summed E-state index contributed by atoms with van der Waals surface area (Å²) in [5.41, 5.74) is -0.986. The van der Waals surface area contributed by atoms with Gasteiger partial charge in [-0.05, 0) is 31.2 Å². The Morgan fingerprint density at radius 1 is 1.05 bits per heavy atom. The number of hydrogen-bond donors (Lipinski definition) is 2. The molecule has 0 spiro atoms. The predicted octanol–water partition coefficient (Wildman–Crippen LogP) is 2.83. The Morgan fingerprint density at radius 2 is 1.67 bits per heavy atom. The van der Waals surface area contributed by atoms with E-state index in [2.05, 4.69) is 0 Å². The molecule has 0 saturated heterocycles. The Balaban J connectivity index is 1.85. The highest BCUT2D eigenvalue weighted by Crippen LogP contribution is 2.47. The Bertz CT molecular complexity index is 494. The summed E-state index contributed by atoms with van der Waals surface area (Å²) < 4.78 is 0. The van der Waals surface area contributed by atoms with Gasteiger partial charge in [0, 0.05) is 5.92 Å². The number of carbonyl (C=O) groups is 1. The van der Waals surface area contributed by atoms with Crippen molar-refractivity contribution in [2.45, 2.75) is 56.6 Å². The molecule has 0 bridgehead atoms. The summed E-state index contributed by atoms with van der Waals surface area (Å²) in [5.74, 6) is -0.631. The first kappa shape index (κ1) is 14.5. The Kier molecular flexibility index (Phi) is 4.00. The summed E-state index contributed by atoms with van der Waals surface area (Å²) >= 11 is 0. The molecule has 3 rings (SSSR count). The highest BCUT2D eigenvalue weighted by atomic mass is 16.5. The number of hydroxylamine groups is 2. The molecule has 2 aliphatic rings. The molecule has 4 heteroatoms. The van der Waals surface area contributed by atoms with Crippen molar-refractivity contribution in [2.75, 3.05) is 0 Å². The minimum atomic E-state index is -1.58. The molecule has 1 aromatic rings. The van der Waals surface area contributed by atoms with E-state index in [1.807, 2.05) is 18.2 Å².